The maximum atomic E-state index is 8.10. The van der Waals surface area contributed by atoms with Crippen LogP contribution < -0.4 is 0 Å². The molecule has 0 aromatic heterocycles. The quantitative estimate of drug-likeness (QED) is 0.317. The normalized spacial score (nSPS) is 17.4. The van der Waals surface area contributed by atoms with Crippen LogP contribution >= 0.6 is 0 Å². The molecule has 0 amide bonds. The maximum absolute atomic E-state index is 8.10. The van der Waals surface area contributed by atoms with Crippen LogP contribution in [0.3, 0.4) is 0 Å². The molecule has 1 aliphatic carbocycles. The predicted molar refractivity (Wildman–Crippen MR) is 27.0 cm³/mol. The van der Waals surface area contributed by atoms with Crippen molar-refractivity contribution in [2.75, 3.05) is 0 Å². The number of hydrogen-bond acceptors (Lipinski definition) is 0. The van der Waals surface area contributed by atoms with Gasteiger partial charge >= 0.3 is 0 Å². The average molecular weight is 94.1 g/mol. The van der Waals surface area contributed by atoms with Crippen LogP contribution in [0, 0.1) is 0 Å². The van der Waals surface area contributed by atoms with Crippen LogP contribution in [0.5, 0.6) is 0 Å². The topological polar surface area (TPSA) is 36.4 Å². The maximum Gasteiger partial charge on any atom is 0.292 e. The summed E-state index contributed by atoms with van der Waals surface area (Å²) in [6.45, 7) is 0. The number of allylic oxidation sites excluding steroid dienone is 2. The fraction of sp³-hybridized carbons (Fsp3) is 0.400. The van der Waals surface area contributed by atoms with E-state index in [0.717, 1.165) is 18.6 Å². The van der Waals surface area contributed by atoms with Crippen molar-refractivity contribution in [3.63, 3.8) is 0 Å². The van der Waals surface area contributed by atoms with Crippen LogP contribution in [0.15, 0.2) is 12.2 Å². The minimum Gasteiger partial charge on any atom is -0.361 e. The van der Waals surface area contributed by atoms with Gasteiger partial charge in [0.15, 0.2) is 0 Å². The van der Waals surface area contributed by atoms with Gasteiger partial charge in [0.2, 0.25) is 0 Å². The van der Waals surface area contributed by atoms with E-state index in [1.165, 1.54) is 0 Å². The van der Waals surface area contributed by atoms with Gasteiger partial charge in [-0.15, -0.1) is 0 Å². The Morgan fingerprint density at radius 2 is 2.57 bits per heavy atom. The molecule has 0 spiro atoms. The predicted octanol–water partition coefficient (Wildman–Crippen LogP) is 1.01. The molecule has 0 heterocycles. The molecule has 7 heavy (non-hydrogen) atoms. The van der Waals surface area contributed by atoms with Gasteiger partial charge in [-0.3, -0.25) is 0 Å². The first-order valence-electron chi connectivity index (χ1n) is 2.31. The Kier molecular flexibility index (Phi) is 1.05. The lowest BCUT2D eigenvalue weighted by Gasteiger charge is -1.67. The summed E-state index contributed by atoms with van der Waals surface area (Å²) in [6.07, 6.45) is 5.75. The first-order valence-corrected chi connectivity index (χ1v) is 2.31. The molecule has 0 saturated carbocycles. The molecule has 0 unspecified atom stereocenters. The fourth-order valence-corrected chi connectivity index (χ4v) is 0.617. The van der Waals surface area contributed by atoms with Gasteiger partial charge in [0.1, 0.15) is 0 Å². The zero-order valence-electron chi connectivity index (χ0n) is 3.96. The summed E-state index contributed by atoms with van der Waals surface area (Å²) >= 11 is 0. The Hall–Kier alpha value is -0.880. The lowest BCUT2D eigenvalue weighted by Crippen LogP contribution is -1.84. The average Bonchev–Trinajstić information content (AvgIpc) is 2.14. The van der Waals surface area contributed by atoms with E-state index in [0.29, 0.717) is 0 Å². The SMILES string of the molecule is [N-]=[N+]=C1C=CCC1. The van der Waals surface area contributed by atoms with Gasteiger partial charge in [0.25, 0.3) is 5.71 Å². The highest BCUT2D eigenvalue weighted by molar-refractivity contribution is 5.92. The highest BCUT2D eigenvalue weighted by Gasteiger charge is 2.05. The summed E-state index contributed by atoms with van der Waals surface area (Å²) in [6, 6.07) is 0. The Morgan fingerprint density at radius 1 is 1.71 bits per heavy atom. The molecule has 2 heteroatoms. The van der Waals surface area contributed by atoms with Crippen molar-refractivity contribution in [3.8, 4) is 0 Å². The Bertz CT molecular complexity index is 140. The van der Waals surface area contributed by atoms with Crippen molar-refractivity contribution in [1.29, 1.82) is 0 Å². The third kappa shape index (κ3) is 0.756. The van der Waals surface area contributed by atoms with Crippen LogP contribution in [0.1, 0.15) is 12.8 Å². The molecule has 0 N–H and O–H groups in total. The molecule has 2 nitrogen and oxygen atoms in total. The van der Waals surface area contributed by atoms with Crippen molar-refractivity contribution in [1.82, 2.24) is 0 Å². The number of rotatable bonds is 0. The summed E-state index contributed by atoms with van der Waals surface area (Å²) in [7, 11) is 0. The molecular formula is C5H6N2. The smallest absolute Gasteiger partial charge is 0.292 e. The van der Waals surface area contributed by atoms with E-state index in [-0.39, 0.29) is 0 Å². The zero-order chi connectivity index (χ0) is 5.11. The van der Waals surface area contributed by atoms with E-state index >= 15 is 0 Å². The van der Waals surface area contributed by atoms with Gasteiger partial charge in [-0.05, 0) is 6.42 Å². The van der Waals surface area contributed by atoms with E-state index < -0.39 is 0 Å². The monoisotopic (exact) mass is 94.1 g/mol. The van der Waals surface area contributed by atoms with Gasteiger partial charge in [-0.25, -0.2) is 0 Å². The van der Waals surface area contributed by atoms with E-state index in [1.54, 1.807) is 0 Å². The lowest BCUT2D eigenvalue weighted by molar-refractivity contribution is -0.00551. The Morgan fingerprint density at radius 3 is 2.86 bits per heavy atom. The van der Waals surface area contributed by atoms with Gasteiger partial charge in [-0.1, -0.05) is 6.08 Å². The first-order chi connectivity index (χ1) is 3.43. The van der Waals surface area contributed by atoms with Crippen LogP contribution in [-0.4, -0.2) is 10.5 Å². The minimum absolute atomic E-state index is 0.792. The molecular weight excluding hydrogens is 88.1 g/mol. The second-order valence-corrected chi connectivity index (χ2v) is 1.53. The molecule has 0 radical (unpaired) electrons. The summed E-state index contributed by atoms with van der Waals surface area (Å²) < 4.78 is 0. The van der Waals surface area contributed by atoms with Gasteiger partial charge < -0.3 is 5.53 Å². The molecule has 0 bridgehead atoms. The molecule has 0 fully saturated rings. The summed E-state index contributed by atoms with van der Waals surface area (Å²) in [5, 5.41) is 0. The Balaban J connectivity index is 2.77. The van der Waals surface area contributed by atoms with Crippen LogP contribution in [-0.2, 0) is 0 Å². The summed E-state index contributed by atoms with van der Waals surface area (Å²) in [5.41, 5.74) is 8.89. The van der Waals surface area contributed by atoms with Crippen molar-refractivity contribution >= 4 is 5.71 Å². The Labute approximate surface area is 42.1 Å². The first kappa shape index (κ1) is 4.28. The van der Waals surface area contributed by atoms with Crippen molar-refractivity contribution in [2.24, 2.45) is 0 Å². The molecule has 0 aliphatic heterocycles. The highest BCUT2D eigenvalue weighted by Crippen LogP contribution is 2.01. The summed E-state index contributed by atoms with van der Waals surface area (Å²) in [5.74, 6) is 0. The summed E-state index contributed by atoms with van der Waals surface area (Å²) in [4.78, 5) is 3.02. The van der Waals surface area contributed by atoms with Crippen molar-refractivity contribution in [3.05, 3.63) is 17.7 Å². The van der Waals surface area contributed by atoms with E-state index in [4.69, 9.17) is 5.53 Å². The second-order valence-electron chi connectivity index (χ2n) is 1.53. The van der Waals surface area contributed by atoms with Gasteiger partial charge in [0, 0.05) is 6.08 Å². The van der Waals surface area contributed by atoms with E-state index in [9.17, 15) is 0 Å². The standard InChI is InChI=1S/C5H6N2/c6-7-5-3-1-2-4-5/h1,3H,2,4H2. The van der Waals surface area contributed by atoms with E-state index in [1.807, 2.05) is 12.2 Å². The van der Waals surface area contributed by atoms with Gasteiger partial charge in [0.05, 0.1) is 6.42 Å². The molecule has 0 aromatic carbocycles. The second kappa shape index (κ2) is 1.71. The third-order valence-corrected chi connectivity index (χ3v) is 1.01. The number of nitrogens with zero attached hydrogens (tertiary/aromatic N) is 2. The van der Waals surface area contributed by atoms with Crippen LogP contribution in [0.2, 0.25) is 0 Å². The van der Waals surface area contributed by atoms with Crippen LogP contribution in [0.4, 0.5) is 0 Å². The van der Waals surface area contributed by atoms with E-state index in [2.05, 4.69) is 4.79 Å². The largest absolute Gasteiger partial charge is 0.361 e. The van der Waals surface area contributed by atoms with Crippen LogP contribution in [0.25, 0.3) is 5.53 Å². The zero-order valence-corrected chi connectivity index (χ0v) is 3.96. The number of hydrogen-bond donors (Lipinski definition) is 0. The lowest BCUT2D eigenvalue weighted by atomic mass is 10.3. The molecule has 0 aromatic rings. The third-order valence-electron chi connectivity index (χ3n) is 1.01. The molecule has 1 rings (SSSR count). The molecule has 1 aliphatic rings. The fourth-order valence-electron chi connectivity index (χ4n) is 0.617. The molecule has 0 atom stereocenters. The minimum atomic E-state index is 0.792. The van der Waals surface area contributed by atoms with Crippen molar-refractivity contribution in [2.45, 2.75) is 12.8 Å². The molecule has 0 saturated heterocycles. The van der Waals surface area contributed by atoms with Crippen molar-refractivity contribution < 1.29 is 4.79 Å². The van der Waals surface area contributed by atoms with Gasteiger partial charge in [-0.2, -0.15) is 4.79 Å². The highest BCUT2D eigenvalue weighted by atomic mass is 14.9. The molecule has 36 valence electrons.